The van der Waals surface area contributed by atoms with E-state index in [-0.39, 0.29) is 12.2 Å². The molecule has 2 aliphatic heterocycles. The van der Waals surface area contributed by atoms with Crippen LogP contribution in [0.3, 0.4) is 0 Å². The Hall–Kier alpha value is -0.780. The molecule has 0 spiro atoms. The van der Waals surface area contributed by atoms with Crippen molar-refractivity contribution < 1.29 is 14.4 Å². The Balaban J connectivity index is 1.83. The number of hydrogen-bond acceptors (Lipinski definition) is 4. The summed E-state index contributed by atoms with van der Waals surface area (Å²) in [5, 5.41) is 3.89. The zero-order valence-electron chi connectivity index (χ0n) is 11.0. The highest BCUT2D eigenvalue weighted by Crippen LogP contribution is 2.29. The first kappa shape index (κ1) is 13.6. The van der Waals surface area contributed by atoms with Gasteiger partial charge in [0.2, 0.25) is 0 Å². The largest absolute Gasteiger partial charge is 0.444 e. The number of hydrogen-bond donors (Lipinski definition) is 0. The summed E-state index contributed by atoms with van der Waals surface area (Å²) < 4.78 is 6.21. The second-order valence-corrected chi connectivity index (χ2v) is 6.71. The van der Waals surface area contributed by atoms with Gasteiger partial charge in [-0.15, -0.1) is 0 Å². The lowest BCUT2D eigenvalue weighted by Crippen LogP contribution is -2.36. The van der Waals surface area contributed by atoms with Gasteiger partial charge in [0.05, 0.1) is 0 Å². The second kappa shape index (κ2) is 5.07. The zero-order chi connectivity index (χ0) is 13.3. The number of oxime groups is 1. The summed E-state index contributed by atoms with van der Waals surface area (Å²) in [6.07, 6.45) is 1.60. The highest BCUT2D eigenvalue weighted by molar-refractivity contribution is 9.18. The summed E-state index contributed by atoms with van der Waals surface area (Å²) in [5.74, 6) is 0.344. The van der Waals surface area contributed by atoms with Gasteiger partial charge in [-0.25, -0.2) is 4.79 Å². The van der Waals surface area contributed by atoms with Crippen molar-refractivity contribution in [3.05, 3.63) is 0 Å². The van der Waals surface area contributed by atoms with Crippen molar-refractivity contribution in [3.63, 3.8) is 0 Å². The minimum Gasteiger partial charge on any atom is -0.444 e. The topological polar surface area (TPSA) is 51.1 Å². The van der Waals surface area contributed by atoms with Gasteiger partial charge >= 0.3 is 6.09 Å². The van der Waals surface area contributed by atoms with E-state index in [9.17, 15) is 4.79 Å². The Bertz CT molecular complexity index is 365. The lowest BCUT2D eigenvalue weighted by molar-refractivity contribution is 0.0219. The van der Waals surface area contributed by atoms with E-state index in [4.69, 9.17) is 9.57 Å². The molecule has 1 fully saturated rings. The summed E-state index contributed by atoms with van der Waals surface area (Å²) >= 11 is 3.33. The first-order valence-electron chi connectivity index (χ1n) is 6.21. The summed E-state index contributed by atoms with van der Waals surface area (Å²) in [6.45, 7) is 7.06. The van der Waals surface area contributed by atoms with Crippen LogP contribution in [0.1, 0.15) is 33.6 Å². The SMILES string of the molecule is CC(C)(C)OC(=O)N1CC[C@H](C2CC(Br)=NO2)C1. The van der Waals surface area contributed by atoms with Crippen LogP contribution in [0.4, 0.5) is 4.79 Å². The van der Waals surface area contributed by atoms with Gasteiger partial charge in [-0.2, -0.15) is 0 Å². The van der Waals surface area contributed by atoms with Crippen LogP contribution in [-0.2, 0) is 9.57 Å². The van der Waals surface area contributed by atoms with Crippen LogP contribution in [0.5, 0.6) is 0 Å². The molecule has 0 aromatic carbocycles. The average molecular weight is 319 g/mol. The molecule has 1 saturated heterocycles. The molecule has 0 N–H and O–H groups in total. The summed E-state index contributed by atoms with van der Waals surface area (Å²) in [4.78, 5) is 19.0. The fourth-order valence-electron chi connectivity index (χ4n) is 2.20. The number of carbonyl (C=O) groups excluding carboxylic acids is 1. The quantitative estimate of drug-likeness (QED) is 0.747. The molecule has 0 saturated carbocycles. The first-order chi connectivity index (χ1) is 8.35. The number of rotatable bonds is 1. The molecule has 0 aliphatic carbocycles. The van der Waals surface area contributed by atoms with Crippen molar-refractivity contribution in [2.45, 2.75) is 45.3 Å². The molecule has 0 aromatic rings. The Labute approximate surface area is 116 Å². The third-order valence-electron chi connectivity index (χ3n) is 3.06. The van der Waals surface area contributed by atoms with E-state index in [1.54, 1.807) is 4.90 Å². The minimum absolute atomic E-state index is 0.0896. The first-order valence-corrected chi connectivity index (χ1v) is 7.00. The van der Waals surface area contributed by atoms with Crippen LogP contribution < -0.4 is 0 Å². The van der Waals surface area contributed by atoms with Crippen LogP contribution in [0, 0.1) is 5.92 Å². The van der Waals surface area contributed by atoms with Crippen molar-refractivity contribution >= 4 is 26.6 Å². The van der Waals surface area contributed by atoms with Gasteiger partial charge in [0.15, 0.2) is 0 Å². The maximum atomic E-state index is 11.9. The molecular weight excluding hydrogens is 300 g/mol. The van der Waals surface area contributed by atoms with Gasteiger partial charge in [0, 0.05) is 25.4 Å². The van der Waals surface area contributed by atoms with Gasteiger partial charge in [-0.05, 0) is 43.1 Å². The van der Waals surface area contributed by atoms with E-state index >= 15 is 0 Å². The molecule has 0 bridgehead atoms. The average Bonchev–Trinajstić information content (AvgIpc) is 2.82. The van der Waals surface area contributed by atoms with Gasteiger partial charge in [-0.3, -0.25) is 0 Å². The van der Waals surface area contributed by atoms with Crippen LogP contribution in [-0.4, -0.2) is 40.4 Å². The monoisotopic (exact) mass is 318 g/mol. The van der Waals surface area contributed by atoms with Crippen LogP contribution in [0.25, 0.3) is 0 Å². The van der Waals surface area contributed by atoms with E-state index in [1.165, 1.54) is 0 Å². The fraction of sp³-hybridized carbons (Fsp3) is 0.833. The Morgan fingerprint density at radius 3 is 2.83 bits per heavy atom. The standard InChI is InChI=1S/C12H19BrN2O3/c1-12(2,3)17-11(16)15-5-4-8(7-15)9-6-10(13)14-18-9/h8-9H,4-7H2,1-3H3/t8-,9?/m0/s1. The van der Waals surface area contributed by atoms with E-state index in [0.29, 0.717) is 12.5 Å². The molecule has 5 nitrogen and oxygen atoms in total. The molecular formula is C12H19BrN2O3. The van der Waals surface area contributed by atoms with E-state index in [2.05, 4.69) is 21.1 Å². The fourth-order valence-corrected chi connectivity index (χ4v) is 2.60. The molecule has 2 rings (SSSR count). The zero-order valence-corrected chi connectivity index (χ0v) is 12.6. The molecule has 1 unspecified atom stereocenters. The molecule has 6 heteroatoms. The third-order valence-corrected chi connectivity index (χ3v) is 3.53. The highest BCUT2D eigenvalue weighted by Gasteiger charge is 2.37. The molecule has 2 heterocycles. The number of carbonyl (C=O) groups is 1. The van der Waals surface area contributed by atoms with Gasteiger partial charge in [-0.1, -0.05) is 5.16 Å². The lowest BCUT2D eigenvalue weighted by atomic mass is 10.00. The van der Waals surface area contributed by atoms with Gasteiger partial charge in [0.1, 0.15) is 16.3 Å². The lowest BCUT2D eigenvalue weighted by Gasteiger charge is -2.24. The number of likely N-dealkylation sites (tertiary alicyclic amines) is 1. The molecule has 1 amide bonds. The molecule has 18 heavy (non-hydrogen) atoms. The third kappa shape index (κ3) is 3.37. The summed E-state index contributed by atoms with van der Waals surface area (Å²) in [7, 11) is 0. The number of ether oxygens (including phenoxy) is 1. The number of halogens is 1. The van der Waals surface area contributed by atoms with Crippen LogP contribution in [0.2, 0.25) is 0 Å². The maximum Gasteiger partial charge on any atom is 0.410 e. The van der Waals surface area contributed by atoms with E-state index in [0.717, 1.165) is 24.0 Å². The van der Waals surface area contributed by atoms with Crippen LogP contribution >= 0.6 is 15.9 Å². The maximum absolute atomic E-state index is 11.9. The summed E-state index contributed by atoms with van der Waals surface area (Å²) in [6, 6.07) is 0. The van der Waals surface area contributed by atoms with Crippen LogP contribution in [0.15, 0.2) is 5.16 Å². The predicted molar refractivity (Wildman–Crippen MR) is 71.8 cm³/mol. The Morgan fingerprint density at radius 1 is 1.56 bits per heavy atom. The Morgan fingerprint density at radius 2 is 2.28 bits per heavy atom. The highest BCUT2D eigenvalue weighted by atomic mass is 79.9. The molecule has 2 atom stereocenters. The van der Waals surface area contributed by atoms with Crippen molar-refractivity contribution in [1.82, 2.24) is 4.90 Å². The smallest absolute Gasteiger partial charge is 0.410 e. The van der Waals surface area contributed by atoms with Crippen molar-refractivity contribution in [2.24, 2.45) is 11.1 Å². The summed E-state index contributed by atoms with van der Waals surface area (Å²) in [5.41, 5.74) is -0.439. The second-order valence-electron chi connectivity index (χ2n) is 5.79. The van der Waals surface area contributed by atoms with Crippen molar-refractivity contribution in [2.75, 3.05) is 13.1 Å². The van der Waals surface area contributed by atoms with Gasteiger partial charge < -0.3 is 14.5 Å². The molecule has 0 aromatic heterocycles. The van der Waals surface area contributed by atoms with Crippen molar-refractivity contribution in [1.29, 1.82) is 0 Å². The molecule has 102 valence electrons. The Kier molecular flexibility index (Phi) is 3.84. The van der Waals surface area contributed by atoms with Gasteiger partial charge in [0.25, 0.3) is 0 Å². The number of nitrogens with zero attached hydrogens (tertiary/aromatic N) is 2. The van der Waals surface area contributed by atoms with E-state index in [1.807, 2.05) is 20.8 Å². The van der Waals surface area contributed by atoms with Crippen molar-refractivity contribution in [3.8, 4) is 0 Å². The minimum atomic E-state index is -0.439. The normalized spacial score (nSPS) is 28.0. The molecule has 0 radical (unpaired) electrons. The van der Waals surface area contributed by atoms with E-state index < -0.39 is 5.60 Å². The number of amides is 1. The molecule has 2 aliphatic rings. The predicted octanol–water partition coefficient (Wildman–Crippen LogP) is 2.74.